The summed E-state index contributed by atoms with van der Waals surface area (Å²) in [4.78, 5) is 0. The van der Waals surface area contributed by atoms with E-state index in [0.717, 1.165) is 16.4 Å². The average molecular weight is 221 g/mol. The molecular weight excluding hydrogens is 214 g/mol. The average Bonchev–Trinajstić information content (AvgIpc) is 2.16. The van der Waals surface area contributed by atoms with Gasteiger partial charge in [-0.15, -0.1) is 23.2 Å². The minimum atomic E-state index is -0.000772. The van der Waals surface area contributed by atoms with Gasteiger partial charge in [0.1, 0.15) is 0 Å². The Morgan fingerprint density at radius 2 is 2.00 bits per heavy atom. The number of rotatable bonds is 3. The van der Waals surface area contributed by atoms with Crippen molar-refractivity contribution in [1.29, 1.82) is 0 Å². The molecule has 0 radical (unpaired) electrons. The fraction of sp³-hybridized carbons (Fsp3) is 0.250. The monoisotopic (exact) mass is 220 g/mol. The minimum Gasteiger partial charge on any atom is -0.269 e. The first-order valence-corrected chi connectivity index (χ1v) is 5.27. The van der Waals surface area contributed by atoms with Crippen LogP contribution in [-0.4, -0.2) is 0 Å². The van der Waals surface area contributed by atoms with E-state index in [1.165, 1.54) is 0 Å². The van der Waals surface area contributed by atoms with E-state index in [-0.39, 0.29) is 8.46 Å². The maximum atomic E-state index is 10.6. The van der Waals surface area contributed by atoms with Gasteiger partial charge in [0.15, 0.2) is 8.46 Å². The molecule has 0 N–H and O–H groups in total. The number of halogens is 2. The van der Waals surface area contributed by atoms with Crippen LogP contribution in [-0.2, 0) is 16.3 Å². The molecule has 1 aromatic rings. The van der Waals surface area contributed by atoms with E-state index in [9.17, 15) is 4.57 Å². The lowest BCUT2D eigenvalue weighted by Gasteiger charge is -2.04. The SMILES string of the molecule is O=Pc1cccc(CCl)c1CCl. The van der Waals surface area contributed by atoms with Crippen molar-refractivity contribution in [2.75, 3.05) is 0 Å². The van der Waals surface area contributed by atoms with Gasteiger partial charge in [0, 0.05) is 17.1 Å². The molecule has 0 unspecified atom stereocenters. The second-order valence-corrected chi connectivity index (χ2v) is 3.47. The first-order chi connectivity index (χ1) is 5.83. The number of benzene rings is 1. The Morgan fingerprint density at radius 1 is 1.25 bits per heavy atom. The van der Waals surface area contributed by atoms with Gasteiger partial charge in [0.25, 0.3) is 0 Å². The maximum Gasteiger partial charge on any atom is 0.192 e. The van der Waals surface area contributed by atoms with Crippen molar-refractivity contribution in [3.63, 3.8) is 0 Å². The van der Waals surface area contributed by atoms with E-state index in [2.05, 4.69) is 0 Å². The first kappa shape index (κ1) is 9.98. The van der Waals surface area contributed by atoms with Crippen molar-refractivity contribution < 1.29 is 4.57 Å². The van der Waals surface area contributed by atoms with Crippen molar-refractivity contribution in [1.82, 2.24) is 0 Å². The predicted molar refractivity (Wildman–Crippen MR) is 52.8 cm³/mol. The molecular formula is C8H7Cl2OP. The zero-order valence-corrected chi connectivity index (χ0v) is 8.66. The van der Waals surface area contributed by atoms with E-state index < -0.39 is 0 Å². The van der Waals surface area contributed by atoms with Crippen LogP contribution < -0.4 is 5.30 Å². The maximum absolute atomic E-state index is 10.6. The molecule has 0 bridgehead atoms. The molecule has 0 spiro atoms. The molecule has 0 aliphatic carbocycles. The molecule has 0 aliphatic heterocycles. The normalized spacial score (nSPS) is 10.5. The van der Waals surface area contributed by atoms with Crippen LogP contribution >= 0.6 is 31.7 Å². The van der Waals surface area contributed by atoms with Crippen molar-refractivity contribution in [3.8, 4) is 0 Å². The summed E-state index contributed by atoms with van der Waals surface area (Å²) in [6.07, 6.45) is 0. The summed E-state index contributed by atoms with van der Waals surface area (Å²) in [5.74, 6) is 0.763. The Morgan fingerprint density at radius 3 is 2.50 bits per heavy atom. The first-order valence-electron chi connectivity index (χ1n) is 3.39. The highest BCUT2D eigenvalue weighted by Crippen LogP contribution is 2.15. The lowest BCUT2D eigenvalue weighted by atomic mass is 10.1. The van der Waals surface area contributed by atoms with Gasteiger partial charge >= 0.3 is 0 Å². The van der Waals surface area contributed by atoms with Gasteiger partial charge in [0.05, 0.1) is 0 Å². The highest BCUT2D eigenvalue weighted by atomic mass is 35.5. The topological polar surface area (TPSA) is 17.1 Å². The van der Waals surface area contributed by atoms with Crippen LogP contribution in [0, 0.1) is 0 Å². The molecule has 1 aromatic carbocycles. The number of alkyl halides is 2. The van der Waals surface area contributed by atoms with Crippen molar-refractivity contribution in [3.05, 3.63) is 29.3 Å². The molecule has 0 heterocycles. The Bertz CT molecular complexity index is 288. The third-order valence-electron chi connectivity index (χ3n) is 1.62. The smallest absolute Gasteiger partial charge is 0.192 e. The van der Waals surface area contributed by atoms with Gasteiger partial charge in [-0.2, -0.15) is 0 Å². The van der Waals surface area contributed by atoms with Gasteiger partial charge in [-0.25, -0.2) is 0 Å². The molecule has 4 heteroatoms. The summed E-state index contributed by atoms with van der Waals surface area (Å²) < 4.78 is 10.6. The molecule has 0 aromatic heterocycles. The van der Waals surface area contributed by atoms with Gasteiger partial charge in [-0.1, -0.05) is 12.1 Å². The molecule has 12 heavy (non-hydrogen) atoms. The van der Waals surface area contributed by atoms with Gasteiger partial charge in [-0.3, -0.25) is 4.57 Å². The quantitative estimate of drug-likeness (QED) is 0.566. The number of hydrogen-bond acceptors (Lipinski definition) is 1. The Kier molecular flexibility index (Phi) is 4.00. The second kappa shape index (κ2) is 4.81. The van der Waals surface area contributed by atoms with E-state index in [1.54, 1.807) is 6.07 Å². The van der Waals surface area contributed by atoms with Gasteiger partial charge < -0.3 is 0 Å². The van der Waals surface area contributed by atoms with Crippen LogP contribution in [0.3, 0.4) is 0 Å². The van der Waals surface area contributed by atoms with E-state index in [0.29, 0.717) is 11.8 Å². The van der Waals surface area contributed by atoms with Gasteiger partial charge in [0.2, 0.25) is 0 Å². The summed E-state index contributed by atoms with van der Waals surface area (Å²) in [6, 6.07) is 5.50. The van der Waals surface area contributed by atoms with Crippen LogP contribution in [0.25, 0.3) is 0 Å². The molecule has 0 fully saturated rings. The lowest BCUT2D eigenvalue weighted by Crippen LogP contribution is -2.03. The second-order valence-electron chi connectivity index (χ2n) is 2.27. The van der Waals surface area contributed by atoms with E-state index in [1.807, 2.05) is 12.1 Å². The minimum absolute atomic E-state index is 0.000772. The summed E-state index contributed by atoms with van der Waals surface area (Å²) in [6.45, 7) is 0. The fourth-order valence-electron chi connectivity index (χ4n) is 0.986. The summed E-state index contributed by atoms with van der Waals surface area (Å²) in [5.41, 5.74) is 1.83. The zero-order chi connectivity index (χ0) is 8.97. The molecule has 0 amide bonds. The van der Waals surface area contributed by atoms with Crippen LogP contribution in [0.2, 0.25) is 0 Å². The molecule has 0 saturated carbocycles. The fourth-order valence-corrected chi connectivity index (χ4v) is 2.13. The molecule has 64 valence electrons. The molecule has 0 saturated heterocycles. The van der Waals surface area contributed by atoms with Crippen LogP contribution in [0.1, 0.15) is 11.1 Å². The standard InChI is InChI=1S/C8H7Cl2OP/c9-4-6-2-1-3-8(12-11)7(6)5-10/h1-3H,4-5H2. The summed E-state index contributed by atoms with van der Waals surface area (Å²) >= 11 is 11.4. The van der Waals surface area contributed by atoms with Crippen molar-refractivity contribution >= 4 is 37.0 Å². The van der Waals surface area contributed by atoms with Crippen molar-refractivity contribution in [2.45, 2.75) is 11.8 Å². The Balaban J connectivity index is 3.21. The highest BCUT2D eigenvalue weighted by Gasteiger charge is 2.05. The Hall–Kier alpha value is -0.100. The highest BCUT2D eigenvalue weighted by molar-refractivity contribution is 7.34. The largest absolute Gasteiger partial charge is 0.269 e. The summed E-state index contributed by atoms with van der Waals surface area (Å²) in [7, 11) is -0.000772. The summed E-state index contributed by atoms with van der Waals surface area (Å²) in [5, 5.41) is 0.725. The molecule has 0 aliphatic rings. The van der Waals surface area contributed by atoms with E-state index in [4.69, 9.17) is 23.2 Å². The van der Waals surface area contributed by atoms with Gasteiger partial charge in [-0.05, 0) is 17.2 Å². The van der Waals surface area contributed by atoms with Crippen molar-refractivity contribution in [2.24, 2.45) is 0 Å². The third-order valence-corrected chi connectivity index (χ3v) is 2.80. The van der Waals surface area contributed by atoms with E-state index >= 15 is 0 Å². The zero-order valence-electron chi connectivity index (χ0n) is 6.26. The predicted octanol–water partition coefficient (Wildman–Crippen LogP) is 3.08. The molecule has 0 atom stereocenters. The number of hydrogen-bond donors (Lipinski definition) is 0. The molecule has 1 nitrogen and oxygen atoms in total. The third kappa shape index (κ3) is 1.98. The lowest BCUT2D eigenvalue weighted by molar-refractivity contribution is 0.603. The van der Waals surface area contributed by atoms with Crippen LogP contribution in [0.5, 0.6) is 0 Å². The molecule has 1 rings (SSSR count). The van der Waals surface area contributed by atoms with Crippen LogP contribution in [0.4, 0.5) is 0 Å². The Labute approximate surface area is 82.9 Å². The van der Waals surface area contributed by atoms with Crippen LogP contribution in [0.15, 0.2) is 18.2 Å².